The van der Waals surface area contributed by atoms with Crippen LogP contribution >= 0.6 is 0 Å². The summed E-state index contributed by atoms with van der Waals surface area (Å²) in [7, 11) is 0. The number of phenols is 1. The van der Waals surface area contributed by atoms with E-state index in [0.29, 0.717) is 30.2 Å². The Kier molecular flexibility index (Phi) is 6.89. The number of hydrogen-bond donors (Lipinski definition) is 3. The normalized spacial score (nSPS) is 17.3. The first-order valence-corrected chi connectivity index (χ1v) is 13.5. The highest BCUT2D eigenvalue weighted by molar-refractivity contribution is 6.08. The van der Waals surface area contributed by atoms with Gasteiger partial charge in [0.05, 0.1) is 18.0 Å². The van der Waals surface area contributed by atoms with Gasteiger partial charge in [-0.15, -0.1) is 0 Å². The summed E-state index contributed by atoms with van der Waals surface area (Å²) in [6.45, 7) is 4.66. The number of allylic oxidation sites excluding steroid dienone is 1. The van der Waals surface area contributed by atoms with Gasteiger partial charge in [0.25, 0.3) is 11.5 Å². The zero-order valence-corrected chi connectivity index (χ0v) is 23.1. The van der Waals surface area contributed by atoms with Crippen molar-refractivity contribution < 1.29 is 23.8 Å². The summed E-state index contributed by atoms with van der Waals surface area (Å²) in [4.78, 5) is 27.2. The lowest BCUT2D eigenvalue weighted by atomic mass is 9.85. The van der Waals surface area contributed by atoms with Crippen LogP contribution in [0, 0.1) is 11.2 Å². The minimum atomic E-state index is -1.07. The summed E-state index contributed by atoms with van der Waals surface area (Å²) < 4.78 is 28.3. The first kappa shape index (κ1) is 27.1. The number of anilines is 2. The van der Waals surface area contributed by atoms with Crippen molar-refractivity contribution in [2.45, 2.75) is 32.9 Å². The molecule has 4 aromatic rings. The Morgan fingerprint density at radius 3 is 2.67 bits per heavy atom. The Balaban J connectivity index is 1.50. The third-order valence-electron chi connectivity index (χ3n) is 7.27. The topological polar surface area (TPSA) is 117 Å². The van der Waals surface area contributed by atoms with Gasteiger partial charge in [-0.05, 0) is 42.3 Å². The van der Waals surface area contributed by atoms with Gasteiger partial charge in [-0.25, -0.2) is 9.49 Å². The molecule has 0 bridgehead atoms. The van der Waals surface area contributed by atoms with Crippen molar-refractivity contribution in [3.05, 3.63) is 123 Å². The summed E-state index contributed by atoms with van der Waals surface area (Å²) in [5.41, 5.74) is 1.46. The van der Waals surface area contributed by atoms with Crippen LogP contribution in [0.4, 0.5) is 15.8 Å². The van der Waals surface area contributed by atoms with Crippen LogP contribution in [0.2, 0.25) is 0 Å². The van der Waals surface area contributed by atoms with E-state index < -0.39 is 23.3 Å². The van der Waals surface area contributed by atoms with Gasteiger partial charge in [0.2, 0.25) is 0 Å². The number of para-hydroxylation sites is 1. The Bertz CT molecular complexity index is 1730. The van der Waals surface area contributed by atoms with Crippen molar-refractivity contribution in [3.8, 4) is 11.5 Å². The van der Waals surface area contributed by atoms with Gasteiger partial charge < -0.3 is 19.9 Å². The summed E-state index contributed by atoms with van der Waals surface area (Å²) in [5, 5.41) is 20.4. The van der Waals surface area contributed by atoms with Crippen molar-refractivity contribution >= 4 is 17.3 Å². The van der Waals surface area contributed by atoms with Gasteiger partial charge in [-0.2, -0.15) is 5.10 Å². The van der Waals surface area contributed by atoms with Crippen LogP contribution in [-0.4, -0.2) is 27.8 Å². The predicted octanol–water partition coefficient (Wildman–Crippen LogP) is 5.67. The molecule has 3 aromatic carbocycles. The molecule has 0 radical (unpaired) electrons. The number of nitrogens with zero attached hydrogens (tertiary/aromatic N) is 2. The molecule has 2 aliphatic heterocycles. The van der Waals surface area contributed by atoms with E-state index in [4.69, 9.17) is 9.47 Å². The number of ether oxygens (including phenoxy) is 2. The van der Waals surface area contributed by atoms with Gasteiger partial charge in [-0.1, -0.05) is 50.2 Å². The molecule has 1 aromatic heterocycles. The van der Waals surface area contributed by atoms with Gasteiger partial charge in [0.15, 0.2) is 0 Å². The number of aromatic hydroxyl groups is 1. The van der Waals surface area contributed by atoms with E-state index in [9.17, 15) is 14.7 Å². The molecule has 0 fully saturated rings. The molecule has 42 heavy (non-hydrogen) atoms. The number of benzene rings is 3. The van der Waals surface area contributed by atoms with E-state index in [1.54, 1.807) is 24.3 Å². The number of nitrogens with one attached hydrogen (secondary N) is 2. The van der Waals surface area contributed by atoms with E-state index in [-0.39, 0.29) is 40.4 Å². The number of hydrogen-bond acceptors (Lipinski definition) is 7. The summed E-state index contributed by atoms with van der Waals surface area (Å²) in [6, 6.07) is 20.2. The number of fused-ring (bicyclic) bond motifs is 1. The molecule has 1 unspecified atom stereocenters. The summed E-state index contributed by atoms with van der Waals surface area (Å²) in [6.07, 6.45) is 0.519. The third kappa shape index (κ3) is 5.18. The van der Waals surface area contributed by atoms with E-state index in [1.807, 2.05) is 44.2 Å². The van der Waals surface area contributed by atoms with Gasteiger partial charge in [-0.3, -0.25) is 14.5 Å². The summed E-state index contributed by atoms with van der Waals surface area (Å²) >= 11 is 0. The van der Waals surface area contributed by atoms with Crippen LogP contribution in [0.3, 0.4) is 0 Å². The van der Waals surface area contributed by atoms with E-state index in [0.717, 1.165) is 5.56 Å². The van der Waals surface area contributed by atoms with Crippen LogP contribution < -0.4 is 20.5 Å². The average Bonchev–Trinajstić information content (AvgIpc) is 3.11. The van der Waals surface area contributed by atoms with Crippen LogP contribution in [-0.2, 0) is 11.3 Å². The lowest BCUT2D eigenvalue weighted by molar-refractivity contribution is 0.0756. The number of aromatic amines is 1. The fourth-order valence-corrected chi connectivity index (χ4v) is 5.25. The molecule has 1 amide bonds. The second-order valence-corrected chi connectivity index (χ2v) is 11.1. The number of carbonyl (C=O) groups is 1. The number of carbonyl (C=O) groups excluding carboxylic acids is 1. The number of H-pyrrole nitrogens is 1. The molecule has 0 saturated heterocycles. The molecule has 1 atom stereocenters. The second kappa shape index (κ2) is 10.7. The number of amides is 1. The molecular formula is C32H29FN4O5. The standard InChI is InChI=1S/C32H29FN4O5/c1-32(2)16-24-30(42-18-32)29(21-12-11-20(15-22(21)33)41-17-19-7-4-3-5-8-19)37(25-9-6-10-26(38)28(25)34-24)31(40)23-13-14-27(39)36-35-23/h3-15,29,34,38H,16-18H2,1-2H3,(H,36,39). The second-order valence-electron chi connectivity index (χ2n) is 11.1. The molecule has 0 aliphatic carbocycles. The quantitative estimate of drug-likeness (QED) is 0.266. The fourth-order valence-electron chi connectivity index (χ4n) is 5.25. The zero-order valence-electron chi connectivity index (χ0n) is 23.1. The predicted molar refractivity (Wildman–Crippen MR) is 155 cm³/mol. The first-order valence-electron chi connectivity index (χ1n) is 13.5. The highest BCUT2D eigenvalue weighted by Crippen LogP contribution is 2.50. The highest BCUT2D eigenvalue weighted by Gasteiger charge is 2.43. The highest BCUT2D eigenvalue weighted by atomic mass is 19.1. The van der Waals surface area contributed by atoms with Crippen molar-refractivity contribution in [2.75, 3.05) is 16.8 Å². The van der Waals surface area contributed by atoms with E-state index in [1.165, 1.54) is 29.2 Å². The number of aromatic nitrogens is 2. The zero-order chi connectivity index (χ0) is 29.4. The van der Waals surface area contributed by atoms with Crippen molar-refractivity contribution in [1.29, 1.82) is 0 Å². The maximum atomic E-state index is 16.1. The number of halogens is 1. The number of phenolic OH excluding ortho intramolecular Hbond substituents is 1. The lowest BCUT2D eigenvalue weighted by Crippen LogP contribution is -2.39. The monoisotopic (exact) mass is 568 g/mol. The van der Waals surface area contributed by atoms with Gasteiger partial charge >= 0.3 is 0 Å². The van der Waals surface area contributed by atoms with E-state index >= 15 is 4.39 Å². The minimum absolute atomic E-state index is 0.0719. The van der Waals surface area contributed by atoms with Gasteiger partial charge in [0.1, 0.15) is 47.1 Å². The average molecular weight is 569 g/mol. The maximum absolute atomic E-state index is 16.1. The Hall–Kier alpha value is -5.12. The van der Waals surface area contributed by atoms with Crippen molar-refractivity contribution in [3.63, 3.8) is 0 Å². The lowest BCUT2D eigenvalue weighted by Gasteiger charge is -2.37. The summed E-state index contributed by atoms with van der Waals surface area (Å²) in [5.74, 6) is -0.664. The van der Waals surface area contributed by atoms with Crippen LogP contribution in [0.15, 0.2) is 95.1 Å². The molecule has 3 N–H and O–H groups in total. The number of rotatable bonds is 5. The Morgan fingerprint density at radius 1 is 1.12 bits per heavy atom. The van der Waals surface area contributed by atoms with E-state index in [2.05, 4.69) is 15.5 Å². The Morgan fingerprint density at radius 2 is 1.93 bits per heavy atom. The maximum Gasteiger partial charge on any atom is 0.279 e. The molecule has 3 heterocycles. The van der Waals surface area contributed by atoms with Crippen LogP contribution in [0.5, 0.6) is 11.5 Å². The largest absolute Gasteiger partial charge is 0.506 e. The molecule has 10 heteroatoms. The first-order chi connectivity index (χ1) is 20.2. The third-order valence-corrected chi connectivity index (χ3v) is 7.27. The smallest absolute Gasteiger partial charge is 0.279 e. The van der Waals surface area contributed by atoms with Crippen molar-refractivity contribution in [1.82, 2.24) is 10.2 Å². The molecule has 2 aliphatic rings. The van der Waals surface area contributed by atoms with Crippen LogP contribution in [0.25, 0.3) is 0 Å². The molecule has 6 rings (SSSR count). The molecule has 214 valence electrons. The van der Waals surface area contributed by atoms with Crippen molar-refractivity contribution in [2.24, 2.45) is 5.41 Å². The molecule has 0 saturated carbocycles. The molecular weight excluding hydrogens is 539 g/mol. The fraction of sp³-hybridized carbons (Fsp3) is 0.219. The Labute approximate surface area is 241 Å². The van der Waals surface area contributed by atoms with Crippen LogP contribution in [0.1, 0.15) is 47.9 Å². The van der Waals surface area contributed by atoms with Gasteiger partial charge in [0, 0.05) is 23.1 Å². The molecule has 0 spiro atoms. The minimum Gasteiger partial charge on any atom is -0.506 e. The SMILES string of the molecule is CC1(C)COC2=C(C1)Nc1c(O)cccc1N(C(=O)c1ccc(=O)[nH]n1)C2c1ccc(OCc2ccccc2)cc1F. The molecule has 9 nitrogen and oxygen atoms in total.